The predicted octanol–water partition coefficient (Wildman–Crippen LogP) is 8.42. The van der Waals surface area contributed by atoms with E-state index in [1.807, 2.05) is 0 Å². The first-order valence-corrected chi connectivity index (χ1v) is 21.7. The van der Waals surface area contributed by atoms with Gasteiger partial charge in [-0.3, -0.25) is 9.59 Å². The van der Waals surface area contributed by atoms with Crippen molar-refractivity contribution in [2.75, 3.05) is 0 Å². The molecule has 0 N–H and O–H groups in total. The van der Waals surface area contributed by atoms with Gasteiger partial charge in [-0.15, -0.1) is 0 Å². The molecule has 0 aromatic heterocycles. The van der Waals surface area contributed by atoms with Crippen LogP contribution in [0.5, 0.6) is 0 Å². The summed E-state index contributed by atoms with van der Waals surface area (Å²) in [5.74, 6) is -0.265. The summed E-state index contributed by atoms with van der Waals surface area (Å²) in [6, 6.07) is 0. The molecule has 5 nitrogen and oxygen atoms in total. The van der Waals surface area contributed by atoms with E-state index in [9.17, 15) is 9.59 Å². The van der Waals surface area contributed by atoms with Crippen LogP contribution in [-0.2, 0) is 22.9 Å². The van der Waals surface area contributed by atoms with E-state index in [1.54, 1.807) is 0 Å². The monoisotopic (exact) mass is 532 g/mol. The largest absolute Gasteiger partial charge is 0.519 e. The highest BCUT2D eigenvalue weighted by Crippen LogP contribution is 2.40. The molecule has 1 unspecified atom stereocenters. The van der Waals surface area contributed by atoms with Crippen molar-refractivity contribution in [2.24, 2.45) is 0 Å². The Kier molecular flexibility index (Phi) is 11.6. The molecule has 0 rings (SSSR count). The molecule has 34 heavy (non-hydrogen) atoms. The highest BCUT2D eigenvalue weighted by Gasteiger charge is 2.43. The number of rotatable bonds is 11. The summed E-state index contributed by atoms with van der Waals surface area (Å²) in [6.07, 6.45) is 2.80. The van der Waals surface area contributed by atoms with E-state index in [1.165, 1.54) is 0 Å². The summed E-state index contributed by atoms with van der Waals surface area (Å²) in [6.45, 7) is 32.3. The van der Waals surface area contributed by atoms with Crippen LogP contribution in [0.2, 0.25) is 54.4 Å². The maximum atomic E-state index is 12.9. The van der Waals surface area contributed by atoms with Crippen molar-refractivity contribution in [3.8, 4) is 0 Å². The average Bonchev–Trinajstić information content (AvgIpc) is 2.54. The van der Waals surface area contributed by atoms with Crippen LogP contribution in [0, 0.1) is 0 Å². The Morgan fingerprint density at radius 2 is 1.00 bits per heavy atom. The van der Waals surface area contributed by atoms with Crippen LogP contribution >= 0.6 is 0 Å². The maximum Gasteiger partial charge on any atom is 0.295 e. The Hall–Kier alpha value is -0.449. The molecular formula is C26H56O5Si3. The van der Waals surface area contributed by atoms with Gasteiger partial charge in [0.25, 0.3) is 28.6 Å². The lowest BCUT2D eigenvalue weighted by atomic mass is 10.1. The highest BCUT2D eigenvalue weighted by molar-refractivity contribution is 6.76. The summed E-state index contributed by atoms with van der Waals surface area (Å²) in [5, 5.41) is 0.0414. The van der Waals surface area contributed by atoms with E-state index < -0.39 is 25.0 Å². The summed E-state index contributed by atoms with van der Waals surface area (Å²) < 4.78 is 18.6. The molecule has 0 aliphatic carbocycles. The van der Waals surface area contributed by atoms with Crippen LogP contribution in [0.25, 0.3) is 0 Å². The Bertz CT molecular complexity index is 680. The molecule has 0 saturated heterocycles. The molecule has 0 fully saturated rings. The van der Waals surface area contributed by atoms with Crippen molar-refractivity contribution in [1.82, 2.24) is 0 Å². The molecule has 202 valence electrons. The zero-order valence-corrected chi connectivity index (χ0v) is 28.2. The zero-order valence-electron chi connectivity index (χ0n) is 25.2. The Morgan fingerprint density at radius 3 is 1.38 bits per heavy atom. The minimum atomic E-state index is -2.17. The third kappa shape index (κ3) is 10.7. The summed E-state index contributed by atoms with van der Waals surface area (Å²) in [4.78, 5) is 25.4. The number of carbonyl (C=O) groups is 2. The molecule has 0 radical (unpaired) electrons. The third-order valence-corrected chi connectivity index (χ3v) is 21.4. The van der Waals surface area contributed by atoms with Gasteiger partial charge in [0.2, 0.25) is 0 Å². The molecule has 0 saturated carbocycles. The number of carbonyl (C=O) groups excluding carboxylic acids is 2. The first-order valence-electron chi connectivity index (χ1n) is 12.9. The van der Waals surface area contributed by atoms with Gasteiger partial charge in [0, 0.05) is 6.42 Å². The van der Waals surface area contributed by atoms with Gasteiger partial charge in [0.1, 0.15) is 0 Å². The van der Waals surface area contributed by atoms with Crippen LogP contribution in [0.4, 0.5) is 0 Å². The fourth-order valence-electron chi connectivity index (χ4n) is 2.59. The van der Waals surface area contributed by atoms with Gasteiger partial charge < -0.3 is 13.3 Å². The van der Waals surface area contributed by atoms with Crippen molar-refractivity contribution in [3.63, 3.8) is 0 Å². The van der Waals surface area contributed by atoms with Crippen molar-refractivity contribution < 1.29 is 22.9 Å². The molecule has 0 aliphatic heterocycles. The lowest BCUT2D eigenvalue weighted by Crippen LogP contribution is -2.46. The smallest absolute Gasteiger partial charge is 0.295 e. The summed E-state index contributed by atoms with van der Waals surface area (Å²) in [7, 11) is -6.31. The van der Waals surface area contributed by atoms with Gasteiger partial charge in [-0.1, -0.05) is 68.7 Å². The normalized spacial score (nSPS) is 15.1. The average molecular weight is 533 g/mol. The van der Waals surface area contributed by atoms with Crippen LogP contribution in [0.15, 0.2) is 0 Å². The van der Waals surface area contributed by atoms with Gasteiger partial charge >= 0.3 is 0 Å². The van der Waals surface area contributed by atoms with Gasteiger partial charge in [-0.25, -0.2) is 0 Å². The van der Waals surface area contributed by atoms with Crippen molar-refractivity contribution in [1.29, 1.82) is 0 Å². The highest BCUT2D eigenvalue weighted by atomic mass is 28.4. The first kappa shape index (κ1) is 33.6. The van der Waals surface area contributed by atoms with E-state index >= 15 is 0 Å². The first-order chi connectivity index (χ1) is 14.8. The molecule has 0 spiro atoms. The number of hydrogen-bond acceptors (Lipinski definition) is 5. The van der Waals surface area contributed by atoms with Crippen LogP contribution in [0.3, 0.4) is 0 Å². The van der Waals surface area contributed by atoms with Crippen LogP contribution < -0.4 is 0 Å². The molecule has 0 aromatic rings. The van der Waals surface area contributed by atoms with E-state index in [0.717, 1.165) is 19.3 Å². The second-order valence-electron chi connectivity index (χ2n) is 14.4. The van der Waals surface area contributed by atoms with E-state index in [4.69, 9.17) is 13.3 Å². The zero-order chi connectivity index (χ0) is 27.4. The minimum absolute atomic E-state index is 0.00920. The topological polar surface area (TPSA) is 61.8 Å². The van der Waals surface area contributed by atoms with Gasteiger partial charge in [-0.05, 0) is 67.2 Å². The van der Waals surface area contributed by atoms with E-state index in [2.05, 4.69) is 102 Å². The fourth-order valence-corrected chi connectivity index (χ4v) is 5.92. The quantitative estimate of drug-likeness (QED) is 0.197. The molecule has 8 heteroatoms. The second kappa shape index (κ2) is 11.7. The molecule has 0 aliphatic rings. The third-order valence-electron chi connectivity index (χ3n) is 8.17. The van der Waals surface area contributed by atoms with Crippen molar-refractivity contribution in [3.05, 3.63) is 0 Å². The molecule has 0 amide bonds. The van der Waals surface area contributed by atoms with Crippen molar-refractivity contribution in [2.45, 2.75) is 155 Å². The summed E-state index contributed by atoms with van der Waals surface area (Å²) in [5.41, 5.74) is 0. The Morgan fingerprint density at radius 1 is 0.618 bits per heavy atom. The van der Waals surface area contributed by atoms with E-state index in [-0.39, 0.29) is 39.6 Å². The number of hydrogen-bond donors (Lipinski definition) is 0. The fraction of sp³-hybridized carbons (Fsp3) is 0.923. The predicted molar refractivity (Wildman–Crippen MR) is 152 cm³/mol. The lowest BCUT2D eigenvalue weighted by molar-refractivity contribution is -0.138. The van der Waals surface area contributed by atoms with Crippen LogP contribution in [-0.4, -0.2) is 43.0 Å². The molecule has 0 heterocycles. The summed E-state index contributed by atoms with van der Waals surface area (Å²) >= 11 is 0. The van der Waals surface area contributed by atoms with Gasteiger partial charge in [0.15, 0.2) is 8.32 Å². The lowest BCUT2D eigenvalue weighted by Gasteiger charge is -2.40. The van der Waals surface area contributed by atoms with Gasteiger partial charge in [0.05, 0.1) is 12.5 Å². The molecule has 0 aromatic carbocycles. The standard InChI is InChI=1S/C26H56O5Si3/c1-24(2,3)32(10,11)29-21(20-23(28)31-34(14,15)26(7,8)9)18-16-17-19-22(27)30-33(12,13)25(4,5)6/h21H,16-20H2,1-15H3. The molecular weight excluding hydrogens is 477 g/mol. The van der Waals surface area contributed by atoms with Gasteiger partial charge in [-0.2, -0.15) is 0 Å². The Balaban J connectivity index is 5.14. The molecule has 0 bridgehead atoms. The van der Waals surface area contributed by atoms with Crippen molar-refractivity contribution >= 4 is 36.9 Å². The Labute approximate surface area is 214 Å². The second-order valence-corrected chi connectivity index (χ2v) is 28.6. The molecule has 1 atom stereocenters. The maximum absolute atomic E-state index is 12.9. The number of unbranched alkanes of at least 4 members (excludes halogenated alkanes) is 1. The van der Waals surface area contributed by atoms with E-state index in [0.29, 0.717) is 6.42 Å². The van der Waals surface area contributed by atoms with Crippen LogP contribution in [0.1, 0.15) is 94.4 Å². The minimum Gasteiger partial charge on any atom is -0.519 e. The SMILES string of the molecule is CC(C)(C)[Si](C)(C)OC(=O)CCCCC(CC(=O)O[Si](C)(C)C(C)(C)C)O[Si](C)(C)C(C)(C)C.